The molecule has 0 amide bonds. The van der Waals surface area contributed by atoms with E-state index in [0.717, 1.165) is 28.4 Å². The number of alkyl halides is 1. The molecule has 1 aliphatic heterocycles. The highest BCUT2D eigenvalue weighted by Crippen LogP contribution is 2.37. The molecule has 0 N–H and O–H groups in total. The number of halogens is 1. The minimum absolute atomic E-state index is 0.138. The molecule has 1 unspecified atom stereocenters. The van der Waals surface area contributed by atoms with Gasteiger partial charge in [0.1, 0.15) is 5.75 Å². The van der Waals surface area contributed by atoms with Crippen LogP contribution in [0.5, 0.6) is 17.2 Å². The first-order valence-corrected chi connectivity index (χ1v) is 6.87. The number of methoxy groups -OCH3 is 1. The lowest BCUT2D eigenvalue weighted by atomic mass is 10.0. The van der Waals surface area contributed by atoms with Gasteiger partial charge in [0.2, 0.25) is 6.79 Å². The summed E-state index contributed by atoms with van der Waals surface area (Å²) in [6, 6.07) is 13.7. The molecule has 104 valence electrons. The summed E-state index contributed by atoms with van der Waals surface area (Å²) in [6.45, 7) is 0.276. The number of hydrogen-bond donors (Lipinski definition) is 0. The third kappa shape index (κ3) is 2.54. The van der Waals surface area contributed by atoms with Gasteiger partial charge >= 0.3 is 0 Å². The van der Waals surface area contributed by atoms with E-state index in [1.165, 1.54) is 0 Å². The average Bonchev–Trinajstić information content (AvgIpc) is 2.95. The Bertz CT molecular complexity index is 612. The van der Waals surface area contributed by atoms with Crippen LogP contribution in [-0.2, 0) is 6.42 Å². The van der Waals surface area contributed by atoms with Crippen LogP contribution in [0.15, 0.2) is 42.5 Å². The minimum Gasteiger partial charge on any atom is -0.496 e. The first-order valence-electron chi connectivity index (χ1n) is 6.43. The number of para-hydroxylation sites is 1. The fraction of sp³-hybridized carbons (Fsp3) is 0.250. The predicted octanol–water partition coefficient (Wildman–Crippen LogP) is 3.95. The number of fused-ring (bicyclic) bond motifs is 1. The normalized spacial score (nSPS) is 14.1. The molecule has 0 fully saturated rings. The Labute approximate surface area is 123 Å². The van der Waals surface area contributed by atoms with Gasteiger partial charge in [-0.3, -0.25) is 0 Å². The molecule has 1 heterocycles. The zero-order valence-corrected chi connectivity index (χ0v) is 11.9. The number of ether oxygens (including phenoxy) is 3. The van der Waals surface area contributed by atoms with E-state index < -0.39 is 0 Å². The van der Waals surface area contributed by atoms with Crippen molar-refractivity contribution < 1.29 is 14.2 Å². The summed E-state index contributed by atoms with van der Waals surface area (Å²) in [6.07, 6.45) is 0.700. The molecule has 3 nitrogen and oxygen atoms in total. The Morgan fingerprint density at radius 1 is 1.15 bits per heavy atom. The average molecular weight is 291 g/mol. The second-order valence-corrected chi connectivity index (χ2v) is 5.12. The van der Waals surface area contributed by atoms with Gasteiger partial charge in [0.05, 0.1) is 12.5 Å². The fourth-order valence-electron chi connectivity index (χ4n) is 2.29. The number of rotatable bonds is 4. The summed E-state index contributed by atoms with van der Waals surface area (Å²) in [4.78, 5) is 0. The van der Waals surface area contributed by atoms with Crippen molar-refractivity contribution in [2.45, 2.75) is 11.8 Å². The maximum Gasteiger partial charge on any atom is 0.231 e. The summed E-state index contributed by atoms with van der Waals surface area (Å²) in [5.74, 6) is 2.39. The predicted molar refractivity (Wildman–Crippen MR) is 77.9 cm³/mol. The van der Waals surface area contributed by atoms with Crippen LogP contribution in [0.25, 0.3) is 0 Å². The maximum absolute atomic E-state index is 6.52. The molecule has 0 saturated carbocycles. The van der Waals surface area contributed by atoms with Gasteiger partial charge in [0, 0.05) is 0 Å². The third-order valence-corrected chi connectivity index (χ3v) is 3.76. The van der Waals surface area contributed by atoms with Gasteiger partial charge < -0.3 is 14.2 Å². The van der Waals surface area contributed by atoms with Crippen molar-refractivity contribution in [2.75, 3.05) is 13.9 Å². The third-order valence-electron chi connectivity index (χ3n) is 3.35. The molecule has 0 aromatic heterocycles. The number of hydrogen-bond acceptors (Lipinski definition) is 3. The van der Waals surface area contributed by atoms with Crippen LogP contribution in [0.1, 0.15) is 16.5 Å². The molecule has 3 rings (SSSR count). The van der Waals surface area contributed by atoms with E-state index in [9.17, 15) is 0 Å². The van der Waals surface area contributed by atoms with Crippen molar-refractivity contribution in [3.05, 3.63) is 53.6 Å². The van der Waals surface area contributed by atoms with Crippen molar-refractivity contribution in [1.29, 1.82) is 0 Å². The van der Waals surface area contributed by atoms with Gasteiger partial charge in [-0.25, -0.2) is 0 Å². The molecular formula is C16H15ClO3. The fourth-order valence-corrected chi connectivity index (χ4v) is 2.59. The molecule has 0 spiro atoms. The first kappa shape index (κ1) is 13.1. The Morgan fingerprint density at radius 3 is 2.80 bits per heavy atom. The topological polar surface area (TPSA) is 27.7 Å². The lowest BCUT2D eigenvalue weighted by Crippen LogP contribution is -1.98. The summed E-state index contributed by atoms with van der Waals surface area (Å²) < 4.78 is 16.0. The zero-order chi connectivity index (χ0) is 13.9. The van der Waals surface area contributed by atoms with Crippen LogP contribution in [0, 0.1) is 0 Å². The molecule has 2 aromatic rings. The maximum atomic E-state index is 6.52. The summed E-state index contributed by atoms with van der Waals surface area (Å²) in [5.41, 5.74) is 2.11. The highest BCUT2D eigenvalue weighted by atomic mass is 35.5. The van der Waals surface area contributed by atoms with E-state index in [1.54, 1.807) is 7.11 Å². The monoisotopic (exact) mass is 290 g/mol. The van der Waals surface area contributed by atoms with Gasteiger partial charge in [0.15, 0.2) is 11.5 Å². The van der Waals surface area contributed by atoms with E-state index in [-0.39, 0.29) is 12.2 Å². The highest BCUT2D eigenvalue weighted by Gasteiger charge is 2.17. The summed E-state index contributed by atoms with van der Waals surface area (Å²) in [5, 5.41) is -0.138. The second-order valence-electron chi connectivity index (χ2n) is 4.60. The van der Waals surface area contributed by atoms with Crippen molar-refractivity contribution in [2.24, 2.45) is 0 Å². The van der Waals surface area contributed by atoms with Gasteiger partial charge in [-0.1, -0.05) is 24.3 Å². The molecule has 4 heteroatoms. The SMILES string of the molecule is COc1ccccc1CC(Cl)c1ccc2c(c1)OCO2. The largest absolute Gasteiger partial charge is 0.496 e. The van der Waals surface area contributed by atoms with Crippen molar-refractivity contribution in [3.8, 4) is 17.2 Å². The van der Waals surface area contributed by atoms with E-state index >= 15 is 0 Å². The molecule has 0 bridgehead atoms. The summed E-state index contributed by atoms with van der Waals surface area (Å²) in [7, 11) is 1.67. The van der Waals surface area contributed by atoms with Gasteiger partial charge in [0.25, 0.3) is 0 Å². The van der Waals surface area contributed by atoms with Crippen molar-refractivity contribution >= 4 is 11.6 Å². The molecule has 1 aliphatic rings. The van der Waals surface area contributed by atoms with Crippen LogP contribution in [0.2, 0.25) is 0 Å². The van der Waals surface area contributed by atoms with Gasteiger partial charge in [-0.05, 0) is 35.7 Å². The molecule has 2 aromatic carbocycles. The van der Waals surface area contributed by atoms with Crippen molar-refractivity contribution in [3.63, 3.8) is 0 Å². The summed E-state index contributed by atoms with van der Waals surface area (Å²) >= 11 is 6.52. The molecule has 0 saturated heterocycles. The Kier molecular flexibility index (Phi) is 3.70. The molecule has 0 aliphatic carbocycles. The number of benzene rings is 2. The van der Waals surface area contributed by atoms with E-state index in [4.69, 9.17) is 25.8 Å². The minimum atomic E-state index is -0.138. The second kappa shape index (κ2) is 5.63. The van der Waals surface area contributed by atoms with Crippen LogP contribution >= 0.6 is 11.6 Å². The van der Waals surface area contributed by atoms with Crippen LogP contribution in [0.4, 0.5) is 0 Å². The lowest BCUT2D eigenvalue weighted by molar-refractivity contribution is 0.174. The quantitative estimate of drug-likeness (QED) is 0.798. The van der Waals surface area contributed by atoms with Crippen LogP contribution in [-0.4, -0.2) is 13.9 Å². The van der Waals surface area contributed by atoms with Gasteiger partial charge in [-0.15, -0.1) is 11.6 Å². The van der Waals surface area contributed by atoms with E-state index in [1.807, 2.05) is 42.5 Å². The Hall–Kier alpha value is -1.87. The standard InChI is InChI=1S/C16H15ClO3/c1-18-14-5-3-2-4-12(14)8-13(17)11-6-7-15-16(9-11)20-10-19-15/h2-7,9,13H,8,10H2,1H3. The van der Waals surface area contributed by atoms with Gasteiger partial charge in [-0.2, -0.15) is 0 Å². The molecular weight excluding hydrogens is 276 g/mol. The zero-order valence-electron chi connectivity index (χ0n) is 11.1. The smallest absolute Gasteiger partial charge is 0.231 e. The van der Waals surface area contributed by atoms with E-state index in [0.29, 0.717) is 6.42 Å². The van der Waals surface area contributed by atoms with Crippen LogP contribution < -0.4 is 14.2 Å². The van der Waals surface area contributed by atoms with Crippen LogP contribution in [0.3, 0.4) is 0 Å². The van der Waals surface area contributed by atoms with Crippen molar-refractivity contribution in [1.82, 2.24) is 0 Å². The molecule has 0 radical (unpaired) electrons. The highest BCUT2D eigenvalue weighted by molar-refractivity contribution is 6.21. The Morgan fingerprint density at radius 2 is 1.95 bits per heavy atom. The Balaban J connectivity index is 1.81. The molecule has 1 atom stereocenters. The lowest BCUT2D eigenvalue weighted by Gasteiger charge is -2.13. The first-order chi connectivity index (χ1) is 9.78. The molecule has 20 heavy (non-hydrogen) atoms. The van der Waals surface area contributed by atoms with E-state index in [2.05, 4.69) is 0 Å².